The number of benzene rings is 1. The quantitative estimate of drug-likeness (QED) is 0.668. The van der Waals surface area contributed by atoms with Gasteiger partial charge in [-0.15, -0.1) is 0 Å². The SMILES string of the molecule is Cc1ccn2c(=O)c(C(=O)N3CCN(c4cc(Cl)ccc4C)CC3)cnc2c1. The zero-order chi connectivity index (χ0) is 19.8. The first-order valence-electron chi connectivity index (χ1n) is 9.22. The molecule has 0 spiro atoms. The zero-order valence-electron chi connectivity index (χ0n) is 15.9. The van der Waals surface area contributed by atoms with Crippen LogP contribution in [0.1, 0.15) is 21.5 Å². The Morgan fingerprint density at radius 2 is 1.82 bits per heavy atom. The van der Waals surface area contributed by atoms with Gasteiger partial charge in [-0.25, -0.2) is 4.98 Å². The van der Waals surface area contributed by atoms with Gasteiger partial charge in [-0.1, -0.05) is 17.7 Å². The van der Waals surface area contributed by atoms with E-state index < -0.39 is 0 Å². The van der Waals surface area contributed by atoms with Gasteiger partial charge in [0.15, 0.2) is 0 Å². The molecular weight excluding hydrogens is 376 g/mol. The highest BCUT2D eigenvalue weighted by Crippen LogP contribution is 2.25. The van der Waals surface area contributed by atoms with E-state index in [0.717, 1.165) is 16.8 Å². The zero-order valence-corrected chi connectivity index (χ0v) is 16.6. The topological polar surface area (TPSA) is 57.9 Å². The van der Waals surface area contributed by atoms with Gasteiger partial charge in [0.05, 0.1) is 0 Å². The molecule has 0 saturated carbocycles. The van der Waals surface area contributed by atoms with Crippen molar-refractivity contribution < 1.29 is 4.79 Å². The molecule has 1 aliphatic rings. The van der Waals surface area contributed by atoms with Gasteiger partial charge in [0, 0.05) is 49.3 Å². The van der Waals surface area contributed by atoms with Gasteiger partial charge >= 0.3 is 0 Å². The van der Waals surface area contributed by atoms with Gasteiger partial charge in [0.1, 0.15) is 11.2 Å². The fraction of sp³-hybridized carbons (Fsp3) is 0.286. The molecule has 7 heteroatoms. The summed E-state index contributed by atoms with van der Waals surface area (Å²) in [5.74, 6) is -0.269. The molecule has 1 amide bonds. The van der Waals surface area contributed by atoms with Crippen molar-refractivity contribution in [3.05, 3.63) is 74.8 Å². The number of pyridine rings is 1. The minimum Gasteiger partial charge on any atom is -0.368 e. The number of hydrogen-bond acceptors (Lipinski definition) is 4. The van der Waals surface area contributed by atoms with Crippen LogP contribution in [0.25, 0.3) is 5.65 Å². The summed E-state index contributed by atoms with van der Waals surface area (Å²) in [4.78, 5) is 33.9. The standard InChI is InChI=1S/C21H21ClN4O2/c1-14-5-6-26-19(11-14)23-13-17(21(26)28)20(27)25-9-7-24(8-10-25)18-12-16(22)4-3-15(18)2/h3-6,11-13H,7-10H2,1-2H3. The molecule has 3 heterocycles. The van der Waals surface area contributed by atoms with Crippen LogP contribution < -0.4 is 10.5 Å². The number of rotatable bonds is 2. The lowest BCUT2D eigenvalue weighted by Gasteiger charge is -2.36. The minimum absolute atomic E-state index is 0.105. The number of anilines is 1. The van der Waals surface area contributed by atoms with Crippen molar-refractivity contribution in [3.8, 4) is 0 Å². The molecule has 0 N–H and O–H groups in total. The van der Waals surface area contributed by atoms with Gasteiger partial charge in [-0.2, -0.15) is 0 Å². The third-order valence-corrected chi connectivity index (χ3v) is 5.41. The second-order valence-electron chi connectivity index (χ2n) is 7.12. The van der Waals surface area contributed by atoms with Crippen LogP contribution in [0.3, 0.4) is 0 Å². The Kier molecular flexibility index (Phi) is 4.81. The van der Waals surface area contributed by atoms with E-state index in [1.54, 1.807) is 11.1 Å². The van der Waals surface area contributed by atoms with E-state index in [2.05, 4.69) is 9.88 Å². The van der Waals surface area contributed by atoms with E-state index in [4.69, 9.17) is 11.6 Å². The third kappa shape index (κ3) is 3.36. The number of piperazine rings is 1. The van der Waals surface area contributed by atoms with Gasteiger partial charge in [0.25, 0.3) is 11.5 Å². The molecule has 1 saturated heterocycles. The molecule has 0 unspecified atom stereocenters. The largest absolute Gasteiger partial charge is 0.368 e. The fourth-order valence-electron chi connectivity index (χ4n) is 3.57. The summed E-state index contributed by atoms with van der Waals surface area (Å²) in [6.45, 7) is 6.45. The highest BCUT2D eigenvalue weighted by atomic mass is 35.5. The van der Waals surface area contributed by atoms with Crippen LogP contribution in [-0.4, -0.2) is 46.4 Å². The number of halogens is 1. The second-order valence-corrected chi connectivity index (χ2v) is 7.56. The summed E-state index contributed by atoms with van der Waals surface area (Å²) in [5, 5.41) is 0.699. The highest BCUT2D eigenvalue weighted by molar-refractivity contribution is 6.30. The van der Waals surface area contributed by atoms with Crippen LogP contribution in [0.15, 0.2) is 47.5 Å². The number of fused-ring (bicyclic) bond motifs is 1. The summed E-state index contributed by atoms with van der Waals surface area (Å²) >= 11 is 6.13. The maximum Gasteiger partial charge on any atom is 0.270 e. The lowest BCUT2D eigenvalue weighted by atomic mass is 10.1. The van der Waals surface area contributed by atoms with Crippen LogP contribution >= 0.6 is 11.6 Å². The lowest BCUT2D eigenvalue weighted by Crippen LogP contribution is -2.50. The Balaban J connectivity index is 1.54. The Bertz CT molecular complexity index is 1120. The van der Waals surface area contributed by atoms with Crippen molar-refractivity contribution in [2.24, 2.45) is 0 Å². The van der Waals surface area contributed by atoms with Gasteiger partial charge in [-0.3, -0.25) is 14.0 Å². The first kappa shape index (κ1) is 18.5. The Morgan fingerprint density at radius 3 is 2.57 bits per heavy atom. The van der Waals surface area contributed by atoms with Crippen LogP contribution in [0, 0.1) is 13.8 Å². The van der Waals surface area contributed by atoms with Gasteiger partial charge in [-0.05, 0) is 49.2 Å². The van der Waals surface area contributed by atoms with Crippen LogP contribution in [-0.2, 0) is 0 Å². The van der Waals surface area contributed by atoms with Crippen molar-refractivity contribution in [1.82, 2.24) is 14.3 Å². The first-order valence-corrected chi connectivity index (χ1v) is 9.60. The number of aryl methyl sites for hydroxylation is 2. The monoisotopic (exact) mass is 396 g/mol. The van der Waals surface area contributed by atoms with Crippen LogP contribution in [0.2, 0.25) is 5.02 Å². The summed E-state index contributed by atoms with van der Waals surface area (Å²) in [6, 6.07) is 9.48. The van der Waals surface area contributed by atoms with E-state index in [0.29, 0.717) is 36.8 Å². The number of nitrogens with zero attached hydrogens (tertiary/aromatic N) is 4. The van der Waals surface area contributed by atoms with Crippen molar-refractivity contribution in [3.63, 3.8) is 0 Å². The molecule has 0 atom stereocenters. The van der Waals surface area contributed by atoms with E-state index in [1.807, 2.05) is 44.2 Å². The molecule has 3 aromatic rings. The molecule has 144 valence electrons. The molecular formula is C21H21ClN4O2. The summed E-state index contributed by atoms with van der Waals surface area (Å²) in [5.41, 5.74) is 3.57. The lowest BCUT2D eigenvalue weighted by molar-refractivity contribution is 0.0744. The predicted octanol–water partition coefficient (Wildman–Crippen LogP) is 2.93. The van der Waals surface area contributed by atoms with E-state index in [9.17, 15) is 9.59 Å². The van der Waals surface area contributed by atoms with E-state index in [1.165, 1.54) is 10.6 Å². The third-order valence-electron chi connectivity index (χ3n) is 5.17. The maximum absolute atomic E-state index is 12.9. The molecule has 0 radical (unpaired) electrons. The second kappa shape index (κ2) is 7.28. The predicted molar refractivity (Wildman–Crippen MR) is 111 cm³/mol. The Morgan fingerprint density at radius 1 is 1.07 bits per heavy atom. The number of hydrogen-bond donors (Lipinski definition) is 0. The summed E-state index contributed by atoms with van der Waals surface area (Å²) in [6.07, 6.45) is 3.06. The number of amides is 1. The Hall–Kier alpha value is -2.86. The summed E-state index contributed by atoms with van der Waals surface area (Å²) in [7, 11) is 0. The van der Waals surface area contributed by atoms with E-state index in [-0.39, 0.29) is 17.0 Å². The maximum atomic E-state index is 12.9. The molecule has 2 aromatic heterocycles. The molecule has 28 heavy (non-hydrogen) atoms. The van der Waals surface area contributed by atoms with Crippen molar-refractivity contribution in [2.75, 3.05) is 31.1 Å². The molecule has 0 bridgehead atoms. The Labute approximate surface area is 168 Å². The average Bonchev–Trinajstić information content (AvgIpc) is 2.69. The van der Waals surface area contributed by atoms with Crippen LogP contribution in [0.4, 0.5) is 5.69 Å². The fourth-order valence-corrected chi connectivity index (χ4v) is 3.73. The van der Waals surface area contributed by atoms with Crippen molar-refractivity contribution >= 4 is 28.8 Å². The molecule has 1 aliphatic heterocycles. The van der Waals surface area contributed by atoms with Gasteiger partial charge < -0.3 is 9.80 Å². The van der Waals surface area contributed by atoms with Crippen LogP contribution in [0.5, 0.6) is 0 Å². The minimum atomic E-state index is -0.330. The van der Waals surface area contributed by atoms with Crippen molar-refractivity contribution in [1.29, 1.82) is 0 Å². The summed E-state index contributed by atoms with van der Waals surface area (Å²) < 4.78 is 1.42. The van der Waals surface area contributed by atoms with E-state index >= 15 is 0 Å². The number of aromatic nitrogens is 2. The molecule has 0 aliphatic carbocycles. The number of carbonyl (C=O) groups excluding carboxylic acids is 1. The normalized spacial score (nSPS) is 14.5. The molecule has 4 rings (SSSR count). The van der Waals surface area contributed by atoms with Crippen molar-refractivity contribution in [2.45, 2.75) is 13.8 Å². The molecule has 1 aromatic carbocycles. The van der Waals surface area contributed by atoms with Gasteiger partial charge in [0.2, 0.25) is 0 Å². The smallest absolute Gasteiger partial charge is 0.270 e. The highest BCUT2D eigenvalue weighted by Gasteiger charge is 2.25. The number of carbonyl (C=O) groups is 1. The molecule has 1 fully saturated rings. The average molecular weight is 397 g/mol. The molecule has 6 nitrogen and oxygen atoms in total. The first-order chi connectivity index (χ1) is 13.4.